The number of benzene rings is 1. The lowest BCUT2D eigenvalue weighted by molar-refractivity contribution is 0.146. The number of fused-ring (bicyclic) bond motifs is 1. The zero-order valence-corrected chi connectivity index (χ0v) is 11.0. The SMILES string of the molecule is CCCC(F)(CN)CCc1ccc2c(c1)CCO2. The van der Waals surface area contributed by atoms with E-state index in [2.05, 4.69) is 6.07 Å². The molecule has 2 nitrogen and oxygen atoms in total. The van der Waals surface area contributed by atoms with Gasteiger partial charge in [-0.3, -0.25) is 0 Å². The molecule has 1 atom stereocenters. The molecule has 1 aromatic rings. The van der Waals surface area contributed by atoms with Crippen molar-refractivity contribution in [3.8, 4) is 5.75 Å². The number of rotatable bonds is 6. The predicted octanol–water partition coefficient (Wildman–Crippen LogP) is 3.02. The van der Waals surface area contributed by atoms with Gasteiger partial charge in [-0.2, -0.15) is 0 Å². The van der Waals surface area contributed by atoms with Crippen LogP contribution < -0.4 is 10.5 Å². The van der Waals surface area contributed by atoms with Crippen LogP contribution in [0.4, 0.5) is 4.39 Å². The number of nitrogens with two attached hydrogens (primary N) is 1. The van der Waals surface area contributed by atoms with Crippen LogP contribution in [0, 0.1) is 0 Å². The van der Waals surface area contributed by atoms with Crippen LogP contribution in [0.1, 0.15) is 37.3 Å². The fraction of sp³-hybridized carbons (Fsp3) is 0.600. The summed E-state index contributed by atoms with van der Waals surface area (Å²) in [6.07, 6.45) is 3.62. The molecule has 0 aliphatic carbocycles. The number of hydrogen-bond donors (Lipinski definition) is 1. The normalized spacial score (nSPS) is 17.1. The fourth-order valence-electron chi connectivity index (χ4n) is 2.54. The summed E-state index contributed by atoms with van der Waals surface area (Å²) in [5.74, 6) is 0.984. The molecule has 0 saturated heterocycles. The van der Waals surface area contributed by atoms with Gasteiger partial charge in [-0.05, 0) is 36.5 Å². The van der Waals surface area contributed by atoms with Crippen LogP contribution in [-0.2, 0) is 12.8 Å². The Bertz CT molecular complexity index is 407. The van der Waals surface area contributed by atoms with Crippen molar-refractivity contribution in [2.75, 3.05) is 13.2 Å². The first-order chi connectivity index (χ1) is 8.67. The van der Waals surface area contributed by atoms with Gasteiger partial charge in [0, 0.05) is 13.0 Å². The van der Waals surface area contributed by atoms with E-state index >= 15 is 0 Å². The first-order valence-electron chi connectivity index (χ1n) is 6.80. The zero-order valence-electron chi connectivity index (χ0n) is 11.0. The highest BCUT2D eigenvalue weighted by molar-refractivity contribution is 5.39. The Hall–Kier alpha value is -1.09. The Labute approximate surface area is 108 Å². The number of ether oxygens (including phenoxy) is 1. The van der Waals surface area contributed by atoms with Gasteiger partial charge in [0.25, 0.3) is 0 Å². The van der Waals surface area contributed by atoms with Gasteiger partial charge in [0.2, 0.25) is 0 Å². The van der Waals surface area contributed by atoms with Gasteiger partial charge in [-0.15, -0.1) is 0 Å². The quantitative estimate of drug-likeness (QED) is 0.843. The van der Waals surface area contributed by atoms with E-state index in [1.54, 1.807) is 0 Å². The van der Waals surface area contributed by atoms with Gasteiger partial charge in [0.15, 0.2) is 0 Å². The van der Waals surface area contributed by atoms with E-state index in [9.17, 15) is 4.39 Å². The summed E-state index contributed by atoms with van der Waals surface area (Å²) < 4.78 is 19.8. The third kappa shape index (κ3) is 3.02. The molecule has 0 fully saturated rings. The van der Waals surface area contributed by atoms with E-state index in [1.165, 1.54) is 11.1 Å². The van der Waals surface area contributed by atoms with E-state index in [0.717, 1.165) is 31.6 Å². The molecule has 0 radical (unpaired) electrons. The molecule has 3 heteroatoms. The summed E-state index contributed by atoms with van der Waals surface area (Å²) in [5.41, 5.74) is 6.78. The molecule has 18 heavy (non-hydrogen) atoms. The maximum absolute atomic E-state index is 14.3. The standard InChI is InChI=1S/C15H22FNO/c1-2-7-15(16,11-17)8-5-12-3-4-14-13(10-12)6-9-18-14/h3-4,10H,2,5-9,11,17H2,1H3. The lowest BCUT2D eigenvalue weighted by Gasteiger charge is -2.23. The summed E-state index contributed by atoms with van der Waals surface area (Å²) in [7, 11) is 0. The molecule has 0 amide bonds. The van der Waals surface area contributed by atoms with Crippen molar-refractivity contribution in [1.29, 1.82) is 0 Å². The largest absolute Gasteiger partial charge is 0.493 e. The van der Waals surface area contributed by atoms with Gasteiger partial charge in [-0.25, -0.2) is 4.39 Å². The van der Waals surface area contributed by atoms with Crippen molar-refractivity contribution >= 4 is 0 Å². The molecule has 2 N–H and O–H groups in total. The third-order valence-electron chi connectivity index (χ3n) is 3.68. The zero-order chi connectivity index (χ0) is 13.0. The van der Waals surface area contributed by atoms with Gasteiger partial charge in [-0.1, -0.05) is 25.5 Å². The minimum Gasteiger partial charge on any atom is -0.493 e. The number of hydrogen-bond acceptors (Lipinski definition) is 2. The smallest absolute Gasteiger partial charge is 0.123 e. The Balaban J connectivity index is 1.97. The van der Waals surface area contributed by atoms with Crippen molar-refractivity contribution in [3.05, 3.63) is 29.3 Å². The molecular weight excluding hydrogens is 229 g/mol. The molecule has 100 valence electrons. The minimum absolute atomic E-state index is 0.120. The molecule has 0 spiro atoms. The minimum atomic E-state index is -1.20. The lowest BCUT2D eigenvalue weighted by atomic mass is 9.92. The Morgan fingerprint density at radius 3 is 2.94 bits per heavy atom. The number of alkyl halides is 1. The Morgan fingerprint density at radius 1 is 1.39 bits per heavy atom. The molecule has 1 unspecified atom stereocenters. The van der Waals surface area contributed by atoms with E-state index in [-0.39, 0.29) is 6.54 Å². The van der Waals surface area contributed by atoms with E-state index in [0.29, 0.717) is 12.8 Å². The number of aryl methyl sites for hydroxylation is 1. The summed E-state index contributed by atoms with van der Waals surface area (Å²) in [6.45, 7) is 2.89. The highest BCUT2D eigenvalue weighted by atomic mass is 19.1. The van der Waals surface area contributed by atoms with Crippen LogP contribution in [0.15, 0.2) is 18.2 Å². The van der Waals surface area contributed by atoms with E-state index in [1.807, 2.05) is 19.1 Å². The second-order valence-electron chi connectivity index (χ2n) is 5.15. The number of halogens is 1. The summed E-state index contributed by atoms with van der Waals surface area (Å²) in [6, 6.07) is 6.18. The van der Waals surface area contributed by atoms with Crippen LogP contribution in [0.5, 0.6) is 5.75 Å². The molecule has 2 rings (SSSR count). The monoisotopic (exact) mass is 251 g/mol. The second kappa shape index (κ2) is 5.70. The van der Waals surface area contributed by atoms with Gasteiger partial charge in [0.1, 0.15) is 11.4 Å². The van der Waals surface area contributed by atoms with E-state index < -0.39 is 5.67 Å². The van der Waals surface area contributed by atoms with E-state index in [4.69, 9.17) is 10.5 Å². The predicted molar refractivity (Wildman–Crippen MR) is 71.8 cm³/mol. The van der Waals surface area contributed by atoms with Crippen molar-refractivity contribution < 1.29 is 9.13 Å². The lowest BCUT2D eigenvalue weighted by Crippen LogP contribution is -2.33. The Morgan fingerprint density at radius 2 is 2.22 bits per heavy atom. The summed E-state index contributed by atoms with van der Waals surface area (Å²) in [5, 5.41) is 0. The molecule has 1 aliphatic rings. The van der Waals surface area contributed by atoms with Crippen LogP contribution >= 0.6 is 0 Å². The Kier molecular flexibility index (Phi) is 4.23. The third-order valence-corrected chi connectivity index (χ3v) is 3.68. The molecule has 1 aliphatic heterocycles. The van der Waals surface area contributed by atoms with Gasteiger partial charge in [0.05, 0.1) is 6.61 Å². The van der Waals surface area contributed by atoms with Gasteiger partial charge < -0.3 is 10.5 Å². The topological polar surface area (TPSA) is 35.2 Å². The molecule has 1 heterocycles. The van der Waals surface area contributed by atoms with Crippen LogP contribution in [-0.4, -0.2) is 18.8 Å². The molecule has 0 aromatic heterocycles. The maximum atomic E-state index is 14.3. The summed E-state index contributed by atoms with van der Waals surface area (Å²) >= 11 is 0. The van der Waals surface area contributed by atoms with Crippen molar-refractivity contribution in [3.63, 3.8) is 0 Å². The highest BCUT2D eigenvalue weighted by Gasteiger charge is 2.26. The summed E-state index contributed by atoms with van der Waals surface area (Å²) in [4.78, 5) is 0. The van der Waals surface area contributed by atoms with Crippen molar-refractivity contribution in [2.45, 2.75) is 44.7 Å². The molecular formula is C15H22FNO. The molecule has 0 saturated carbocycles. The average molecular weight is 251 g/mol. The van der Waals surface area contributed by atoms with Crippen LogP contribution in [0.2, 0.25) is 0 Å². The van der Waals surface area contributed by atoms with Crippen LogP contribution in [0.25, 0.3) is 0 Å². The highest BCUT2D eigenvalue weighted by Crippen LogP contribution is 2.28. The average Bonchev–Trinajstić information content (AvgIpc) is 2.84. The fourth-order valence-corrected chi connectivity index (χ4v) is 2.54. The van der Waals surface area contributed by atoms with Gasteiger partial charge >= 0.3 is 0 Å². The first-order valence-corrected chi connectivity index (χ1v) is 6.80. The maximum Gasteiger partial charge on any atom is 0.123 e. The molecule has 1 aromatic carbocycles. The van der Waals surface area contributed by atoms with Crippen molar-refractivity contribution in [2.24, 2.45) is 5.73 Å². The second-order valence-corrected chi connectivity index (χ2v) is 5.15. The first kappa shape index (κ1) is 13.3. The van der Waals surface area contributed by atoms with Crippen LogP contribution in [0.3, 0.4) is 0 Å². The van der Waals surface area contributed by atoms with Crippen molar-refractivity contribution in [1.82, 2.24) is 0 Å². The molecule has 0 bridgehead atoms.